The summed E-state index contributed by atoms with van der Waals surface area (Å²) < 4.78 is 5.24. The van der Waals surface area contributed by atoms with E-state index >= 15 is 0 Å². The van der Waals surface area contributed by atoms with Gasteiger partial charge in [0.1, 0.15) is 11.6 Å². The molecule has 1 aromatic heterocycles. The predicted molar refractivity (Wildman–Crippen MR) is 83.6 cm³/mol. The standard InChI is InChI=1S/C16H19ClN2O/c1-12-14(10-17)7-8-16(18-12)19(2)11-13-5-4-6-15(9-13)20-3/h4-9H,10-11H2,1-3H3. The van der Waals surface area contributed by atoms with Crippen molar-refractivity contribution in [2.24, 2.45) is 0 Å². The van der Waals surface area contributed by atoms with Crippen LogP contribution in [0.25, 0.3) is 0 Å². The summed E-state index contributed by atoms with van der Waals surface area (Å²) in [6, 6.07) is 12.1. The molecular formula is C16H19ClN2O. The number of hydrogen-bond donors (Lipinski definition) is 0. The van der Waals surface area contributed by atoms with E-state index in [2.05, 4.69) is 16.0 Å². The van der Waals surface area contributed by atoms with Gasteiger partial charge in [0.15, 0.2) is 0 Å². The zero-order valence-electron chi connectivity index (χ0n) is 12.1. The number of anilines is 1. The van der Waals surface area contributed by atoms with E-state index in [9.17, 15) is 0 Å². The minimum Gasteiger partial charge on any atom is -0.497 e. The average Bonchev–Trinajstić information content (AvgIpc) is 2.47. The SMILES string of the molecule is COc1cccc(CN(C)c2ccc(CCl)c(C)n2)c1. The van der Waals surface area contributed by atoms with Crippen LogP contribution in [-0.4, -0.2) is 19.1 Å². The number of benzene rings is 1. The van der Waals surface area contributed by atoms with Crippen molar-refractivity contribution in [2.75, 3.05) is 19.1 Å². The van der Waals surface area contributed by atoms with Gasteiger partial charge >= 0.3 is 0 Å². The Morgan fingerprint density at radius 2 is 2.05 bits per heavy atom. The molecule has 0 aliphatic rings. The van der Waals surface area contributed by atoms with Gasteiger partial charge in [-0.15, -0.1) is 11.6 Å². The van der Waals surface area contributed by atoms with Crippen LogP contribution in [0.5, 0.6) is 5.75 Å². The highest BCUT2D eigenvalue weighted by molar-refractivity contribution is 6.17. The van der Waals surface area contributed by atoms with E-state index in [0.29, 0.717) is 5.88 Å². The fourth-order valence-electron chi connectivity index (χ4n) is 2.06. The molecule has 0 radical (unpaired) electrons. The van der Waals surface area contributed by atoms with E-state index < -0.39 is 0 Å². The molecule has 0 atom stereocenters. The number of nitrogens with zero attached hydrogens (tertiary/aromatic N) is 2. The lowest BCUT2D eigenvalue weighted by Crippen LogP contribution is -2.18. The summed E-state index contributed by atoms with van der Waals surface area (Å²) in [6.07, 6.45) is 0. The highest BCUT2D eigenvalue weighted by Gasteiger charge is 2.07. The van der Waals surface area contributed by atoms with Gasteiger partial charge < -0.3 is 9.64 Å². The zero-order valence-corrected chi connectivity index (χ0v) is 12.8. The molecule has 2 rings (SSSR count). The number of rotatable bonds is 5. The number of halogens is 1. The number of ether oxygens (including phenoxy) is 1. The van der Waals surface area contributed by atoms with Crippen molar-refractivity contribution in [3.05, 3.63) is 53.2 Å². The first kappa shape index (κ1) is 14.7. The minimum atomic E-state index is 0.499. The summed E-state index contributed by atoms with van der Waals surface area (Å²) in [5, 5.41) is 0. The van der Waals surface area contributed by atoms with Crippen molar-refractivity contribution >= 4 is 17.4 Å². The molecule has 0 aliphatic heterocycles. The van der Waals surface area contributed by atoms with Gasteiger partial charge in [0.25, 0.3) is 0 Å². The smallest absolute Gasteiger partial charge is 0.128 e. The highest BCUT2D eigenvalue weighted by atomic mass is 35.5. The molecule has 0 N–H and O–H groups in total. The van der Waals surface area contributed by atoms with Crippen molar-refractivity contribution in [2.45, 2.75) is 19.3 Å². The third kappa shape index (κ3) is 3.42. The third-order valence-electron chi connectivity index (χ3n) is 3.27. The second-order valence-electron chi connectivity index (χ2n) is 4.76. The number of aryl methyl sites for hydroxylation is 1. The molecule has 106 valence electrons. The number of pyridine rings is 1. The Morgan fingerprint density at radius 3 is 2.70 bits per heavy atom. The minimum absolute atomic E-state index is 0.499. The summed E-state index contributed by atoms with van der Waals surface area (Å²) in [7, 11) is 3.71. The molecule has 0 saturated carbocycles. The molecule has 0 spiro atoms. The summed E-state index contributed by atoms with van der Waals surface area (Å²) in [5.41, 5.74) is 3.24. The van der Waals surface area contributed by atoms with Crippen LogP contribution < -0.4 is 9.64 Å². The number of aromatic nitrogens is 1. The fourth-order valence-corrected chi connectivity index (χ4v) is 2.34. The second kappa shape index (κ2) is 6.62. The second-order valence-corrected chi connectivity index (χ2v) is 5.02. The van der Waals surface area contributed by atoms with Gasteiger partial charge in [-0.1, -0.05) is 18.2 Å². The van der Waals surface area contributed by atoms with Crippen LogP contribution in [0.4, 0.5) is 5.82 Å². The summed E-state index contributed by atoms with van der Waals surface area (Å²) in [5.74, 6) is 2.32. The average molecular weight is 291 g/mol. The Bertz CT molecular complexity index is 586. The van der Waals surface area contributed by atoms with Gasteiger partial charge in [-0.3, -0.25) is 0 Å². The Morgan fingerprint density at radius 1 is 1.25 bits per heavy atom. The molecule has 0 bridgehead atoms. The van der Waals surface area contributed by atoms with E-state index in [0.717, 1.165) is 29.4 Å². The fraction of sp³-hybridized carbons (Fsp3) is 0.312. The van der Waals surface area contributed by atoms with Crippen LogP contribution in [0.3, 0.4) is 0 Å². The lowest BCUT2D eigenvalue weighted by molar-refractivity contribution is 0.414. The third-order valence-corrected chi connectivity index (χ3v) is 3.56. The molecular weight excluding hydrogens is 272 g/mol. The number of alkyl halides is 1. The summed E-state index contributed by atoms with van der Waals surface area (Å²) >= 11 is 5.86. The molecule has 0 saturated heterocycles. The van der Waals surface area contributed by atoms with E-state index in [1.54, 1.807) is 7.11 Å². The van der Waals surface area contributed by atoms with E-state index in [-0.39, 0.29) is 0 Å². The van der Waals surface area contributed by atoms with Gasteiger partial charge in [0.05, 0.1) is 7.11 Å². The van der Waals surface area contributed by atoms with Crippen molar-refractivity contribution in [3.8, 4) is 5.75 Å². The van der Waals surface area contributed by atoms with E-state index in [1.807, 2.05) is 44.3 Å². The maximum absolute atomic E-state index is 5.86. The van der Waals surface area contributed by atoms with Crippen LogP contribution >= 0.6 is 11.6 Å². The largest absolute Gasteiger partial charge is 0.497 e. The Balaban J connectivity index is 2.14. The zero-order chi connectivity index (χ0) is 14.5. The molecule has 4 heteroatoms. The molecule has 20 heavy (non-hydrogen) atoms. The van der Waals surface area contributed by atoms with Crippen LogP contribution in [0, 0.1) is 6.92 Å². The first-order valence-corrected chi connectivity index (χ1v) is 7.04. The molecule has 3 nitrogen and oxygen atoms in total. The molecule has 0 unspecified atom stereocenters. The lowest BCUT2D eigenvalue weighted by atomic mass is 10.2. The molecule has 0 fully saturated rings. The topological polar surface area (TPSA) is 25.4 Å². The van der Waals surface area contributed by atoms with Gasteiger partial charge in [-0.2, -0.15) is 0 Å². The Kier molecular flexibility index (Phi) is 4.85. The monoisotopic (exact) mass is 290 g/mol. The van der Waals surface area contributed by atoms with Crippen LogP contribution in [-0.2, 0) is 12.4 Å². The van der Waals surface area contributed by atoms with Crippen molar-refractivity contribution in [1.29, 1.82) is 0 Å². The van der Waals surface area contributed by atoms with Gasteiger partial charge in [-0.05, 0) is 36.2 Å². The van der Waals surface area contributed by atoms with E-state index in [1.165, 1.54) is 5.56 Å². The normalized spacial score (nSPS) is 10.4. The lowest BCUT2D eigenvalue weighted by Gasteiger charge is -2.19. The maximum Gasteiger partial charge on any atom is 0.128 e. The first-order valence-electron chi connectivity index (χ1n) is 6.50. The molecule has 2 aromatic rings. The molecule has 1 heterocycles. The van der Waals surface area contributed by atoms with E-state index in [4.69, 9.17) is 16.3 Å². The molecule has 0 aliphatic carbocycles. The van der Waals surface area contributed by atoms with Crippen LogP contribution in [0.2, 0.25) is 0 Å². The summed E-state index contributed by atoms with van der Waals surface area (Å²) in [4.78, 5) is 6.70. The van der Waals surface area contributed by atoms with Gasteiger partial charge in [0, 0.05) is 25.2 Å². The molecule has 1 aromatic carbocycles. The highest BCUT2D eigenvalue weighted by Crippen LogP contribution is 2.19. The number of methoxy groups -OCH3 is 1. The predicted octanol–water partition coefficient (Wildman–Crippen LogP) is 3.77. The first-order chi connectivity index (χ1) is 9.63. The van der Waals surface area contributed by atoms with Crippen LogP contribution in [0.15, 0.2) is 36.4 Å². The quantitative estimate of drug-likeness (QED) is 0.784. The Hall–Kier alpha value is -1.74. The molecule has 0 amide bonds. The maximum atomic E-state index is 5.86. The van der Waals surface area contributed by atoms with Gasteiger partial charge in [0.2, 0.25) is 0 Å². The van der Waals surface area contributed by atoms with Crippen LogP contribution in [0.1, 0.15) is 16.8 Å². The van der Waals surface area contributed by atoms with Crippen molar-refractivity contribution in [1.82, 2.24) is 4.98 Å². The van der Waals surface area contributed by atoms with Crippen molar-refractivity contribution < 1.29 is 4.74 Å². The Labute approximate surface area is 125 Å². The van der Waals surface area contributed by atoms with Crippen molar-refractivity contribution in [3.63, 3.8) is 0 Å². The van der Waals surface area contributed by atoms with Gasteiger partial charge in [-0.25, -0.2) is 4.98 Å². The number of hydrogen-bond acceptors (Lipinski definition) is 3. The summed E-state index contributed by atoms with van der Waals surface area (Å²) in [6.45, 7) is 2.77.